The molecule has 1 aromatic heterocycles. The minimum atomic E-state index is -3.76. The maximum Gasteiger partial charge on any atom is 0.260 e. The number of rotatable bonds is 8. The van der Waals surface area contributed by atoms with Gasteiger partial charge in [0.2, 0.25) is 10.0 Å². The predicted octanol–water partition coefficient (Wildman–Crippen LogP) is 0.859. The van der Waals surface area contributed by atoms with Gasteiger partial charge in [0, 0.05) is 13.1 Å². The van der Waals surface area contributed by atoms with E-state index in [1.807, 2.05) is 0 Å². The topological polar surface area (TPSA) is 131 Å². The molecule has 0 saturated carbocycles. The second kappa shape index (κ2) is 8.19. The molecule has 1 heterocycles. The Labute approximate surface area is 151 Å². The van der Waals surface area contributed by atoms with Crippen LogP contribution < -0.4 is 14.8 Å². The summed E-state index contributed by atoms with van der Waals surface area (Å²) in [7, 11) is -3.76. The fourth-order valence-electron chi connectivity index (χ4n) is 2.23. The van der Waals surface area contributed by atoms with Crippen molar-refractivity contribution >= 4 is 15.9 Å². The molecule has 0 aliphatic rings. The Kier molecular flexibility index (Phi) is 6.22. The number of carbonyl (C=O) groups is 1. The summed E-state index contributed by atoms with van der Waals surface area (Å²) in [5, 5.41) is 15.4. The average molecular weight is 383 g/mol. The van der Waals surface area contributed by atoms with Crippen LogP contribution in [-0.2, 0) is 14.8 Å². The second-order valence-electron chi connectivity index (χ2n) is 5.60. The van der Waals surface area contributed by atoms with Gasteiger partial charge in [-0.15, -0.1) is 0 Å². The van der Waals surface area contributed by atoms with Crippen molar-refractivity contribution in [2.75, 3.05) is 13.1 Å². The van der Waals surface area contributed by atoms with E-state index in [1.165, 1.54) is 38.1 Å². The van der Waals surface area contributed by atoms with Gasteiger partial charge in [-0.2, -0.15) is 0 Å². The lowest BCUT2D eigenvalue weighted by Gasteiger charge is -2.15. The van der Waals surface area contributed by atoms with Crippen molar-refractivity contribution in [1.82, 2.24) is 15.2 Å². The Morgan fingerprint density at radius 3 is 2.50 bits per heavy atom. The first-order valence-electron chi connectivity index (χ1n) is 7.86. The van der Waals surface area contributed by atoms with Crippen LogP contribution in [0, 0.1) is 13.8 Å². The largest absolute Gasteiger partial charge is 0.508 e. The quantitative estimate of drug-likeness (QED) is 0.576. The number of phenolic OH excluding ortho intramolecular Hbond substituents is 1. The Balaban J connectivity index is 1.80. The number of phenols is 1. The molecule has 0 aliphatic heterocycles. The Morgan fingerprint density at radius 1 is 1.27 bits per heavy atom. The Bertz CT molecular complexity index is 841. The second-order valence-corrected chi connectivity index (χ2v) is 7.30. The van der Waals surface area contributed by atoms with E-state index >= 15 is 0 Å². The van der Waals surface area contributed by atoms with Crippen LogP contribution in [0.3, 0.4) is 0 Å². The number of ether oxygens (including phenoxy) is 1. The molecular formula is C16H21N3O6S. The monoisotopic (exact) mass is 383 g/mol. The molecular weight excluding hydrogens is 362 g/mol. The third-order valence-corrected chi connectivity index (χ3v) is 5.18. The van der Waals surface area contributed by atoms with Gasteiger partial charge in [0.25, 0.3) is 5.91 Å². The number of nitrogens with one attached hydrogen (secondary N) is 2. The summed E-state index contributed by atoms with van der Waals surface area (Å²) >= 11 is 0. The highest BCUT2D eigenvalue weighted by atomic mass is 32.2. The van der Waals surface area contributed by atoms with Gasteiger partial charge >= 0.3 is 0 Å². The molecule has 9 nitrogen and oxygen atoms in total. The molecule has 0 bridgehead atoms. The van der Waals surface area contributed by atoms with Gasteiger partial charge < -0.3 is 19.7 Å². The standard InChI is InChI=1S/C16H21N3O6S/c1-10-15(11(2)25-19-10)26(22,23)18-9-8-17-16(21)12(3)24-14-6-4-13(20)5-7-14/h4-7,12,18,20H,8-9H2,1-3H3,(H,17,21). The molecule has 2 aromatic rings. The van der Waals surface area contributed by atoms with Crippen molar-refractivity contribution < 1.29 is 27.6 Å². The zero-order valence-electron chi connectivity index (χ0n) is 14.6. The average Bonchev–Trinajstić information content (AvgIpc) is 2.93. The zero-order chi connectivity index (χ0) is 19.3. The minimum absolute atomic E-state index is 0.00403. The van der Waals surface area contributed by atoms with Crippen LogP contribution in [0.25, 0.3) is 0 Å². The maximum absolute atomic E-state index is 12.2. The molecule has 0 radical (unpaired) electrons. The van der Waals surface area contributed by atoms with E-state index < -0.39 is 22.0 Å². The van der Waals surface area contributed by atoms with Crippen LogP contribution in [0.5, 0.6) is 11.5 Å². The maximum atomic E-state index is 12.2. The molecule has 0 saturated heterocycles. The smallest absolute Gasteiger partial charge is 0.260 e. The van der Waals surface area contributed by atoms with Crippen molar-refractivity contribution in [3.63, 3.8) is 0 Å². The third kappa shape index (κ3) is 4.96. The highest BCUT2D eigenvalue weighted by molar-refractivity contribution is 7.89. The molecule has 0 spiro atoms. The van der Waals surface area contributed by atoms with Gasteiger partial charge in [-0.25, -0.2) is 13.1 Å². The third-order valence-electron chi connectivity index (χ3n) is 3.47. The molecule has 1 atom stereocenters. The Morgan fingerprint density at radius 2 is 1.92 bits per heavy atom. The van der Waals surface area contributed by atoms with E-state index in [1.54, 1.807) is 6.92 Å². The van der Waals surface area contributed by atoms with Crippen molar-refractivity contribution in [3.8, 4) is 11.5 Å². The minimum Gasteiger partial charge on any atom is -0.508 e. The number of hydrogen-bond acceptors (Lipinski definition) is 7. The van der Waals surface area contributed by atoms with Crippen molar-refractivity contribution in [1.29, 1.82) is 0 Å². The van der Waals surface area contributed by atoms with Crippen LogP contribution in [0.4, 0.5) is 0 Å². The molecule has 26 heavy (non-hydrogen) atoms. The summed E-state index contributed by atoms with van der Waals surface area (Å²) in [5.74, 6) is 0.342. The first-order chi connectivity index (χ1) is 12.2. The number of aromatic nitrogens is 1. The molecule has 142 valence electrons. The number of benzene rings is 1. The number of carbonyl (C=O) groups excluding carboxylic acids is 1. The van der Waals surface area contributed by atoms with Crippen LogP contribution in [-0.4, -0.2) is 43.8 Å². The number of hydrogen-bond donors (Lipinski definition) is 3. The van der Waals surface area contributed by atoms with Crippen LogP contribution in [0.2, 0.25) is 0 Å². The lowest BCUT2D eigenvalue weighted by Crippen LogP contribution is -2.40. The van der Waals surface area contributed by atoms with Gasteiger partial charge in [0.1, 0.15) is 22.1 Å². The number of aromatic hydroxyl groups is 1. The zero-order valence-corrected chi connectivity index (χ0v) is 15.5. The number of aryl methyl sites for hydroxylation is 2. The highest BCUT2D eigenvalue weighted by Gasteiger charge is 2.23. The first-order valence-corrected chi connectivity index (χ1v) is 9.35. The summed E-state index contributed by atoms with van der Waals surface area (Å²) in [6.07, 6.45) is -0.779. The van der Waals surface area contributed by atoms with Crippen molar-refractivity contribution in [2.24, 2.45) is 0 Å². The summed E-state index contributed by atoms with van der Waals surface area (Å²) in [6, 6.07) is 5.97. The van der Waals surface area contributed by atoms with E-state index in [0.29, 0.717) is 5.75 Å². The van der Waals surface area contributed by atoms with Gasteiger partial charge in [-0.05, 0) is 45.0 Å². The predicted molar refractivity (Wildman–Crippen MR) is 92.4 cm³/mol. The van der Waals surface area contributed by atoms with E-state index in [9.17, 15) is 18.3 Å². The molecule has 0 fully saturated rings. The van der Waals surface area contributed by atoms with E-state index in [-0.39, 0.29) is 35.2 Å². The summed E-state index contributed by atoms with van der Waals surface area (Å²) in [4.78, 5) is 12.0. The van der Waals surface area contributed by atoms with Crippen LogP contribution in [0.1, 0.15) is 18.4 Å². The normalized spacial score (nSPS) is 12.6. The number of sulfonamides is 1. The first kappa shape index (κ1) is 19.7. The SMILES string of the molecule is Cc1noc(C)c1S(=O)(=O)NCCNC(=O)C(C)Oc1ccc(O)cc1. The van der Waals surface area contributed by atoms with Gasteiger partial charge in [0.05, 0.1) is 0 Å². The molecule has 1 aromatic carbocycles. The van der Waals surface area contributed by atoms with Crippen LogP contribution >= 0.6 is 0 Å². The molecule has 3 N–H and O–H groups in total. The van der Waals surface area contributed by atoms with E-state index in [4.69, 9.17) is 9.26 Å². The molecule has 2 rings (SSSR count). The highest BCUT2D eigenvalue weighted by Crippen LogP contribution is 2.18. The van der Waals surface area contributed by atoms with Crippen molar-refractivity contribution in [3.05, 3.63) is 35.7 Å². The summed E-state index contributed by atoms with van der Waals surface area (Å²) < 4.78 is 37.1. The number of amides is 1. The fraction of sp³-hybridized carbons (Fsp3) is 0.375. The van der Waals surface area contributed by atoms with E-state index in [0.717, 1.165) is 0 Å². The van der Waals surface area contributed by atoms with Gasteiger partial charge in [0.15, 0.2) is 11.9 Å². The summed E-state index contributed by atoms with van der Waals surface area (Å²) in [5.41, 5.74) is 0.273. The summed E-state index contributed by atoms with van der Waals surface area (Å²) in [6.45, 7) is 4.71. The molecule has 1 unspecified atom stereocenters. The van der Waals surface area contributed by atoms with Crippen molar-refractivity contribution in [2.45, 2.75) is 31.8 Å². The lowest BCUT2D eigenvalue weighted by atomic mass is 10.3. The lowest BCUT2D eigenvalue weighted by molar-refractivity contribution is -0.127. The van der Waals surface area contributed by atoms with E-state index in [2.05, 4.69) is 15.2 Å². The fourth-order valence-corrected chi connectivity index (χ4v) is 3.58. The number of nitrogens with zero attached hydrogens (tertiary/aromatic N) is 1. The molecule has 10 heteroatoms. The van der Waals surface area contributed by atoms with Gasteiger partial charge in [-0.3, -0.25) is 4.79 Å². The Hall–Kier alpha value is -2.59. The molecule has 1 amide bonds. The van der Waals surface area contributed by atoms with Gasteiger partial charge in [-0.1, -0.05) is 5.16 Å². The van der Waals surface area contributed by atoms with Crippen LogP contribution in [0.15, 0.2) is 33.7 Å². The molecule has 0 aliphatic carbocycles.